The molecule has 0 amide bonds. The quantitative estimate of drug-likeness (QED) is 0.480. The van der Waals surface area contributed by atoms with Crippen LogP contribution in [-0.2, 0) is 7.05 Å². The van der Waals surface area contributed by atoms with E-state index in [1.54, 1.807) is 0 Å². The Balaban J connectivity index is 2.14. The van der Waals surface area contributed by atoms with E-state index in [0.29, 0.717) is 0 Å². The normalized spacial score (nSPS) is 12.0. The largest absolute Gasteiger partial charge is 0.506 e. The molecule has 2 aromatic heterocycles. The zero-order valence-corrected chi connectivity index (χ0v) is 15.3. The summed E-state index contributed by atoms with van der Waals surface area (Å²) >= 11 is 12.9. The summed E-state index contributed by atoms with van der Waals surface area (Å²) in [6.45, 7) is 0. The average molecular weight is 413 g/mol. The molecule has 0 aliphatic rings. The van der Waals surface area contributed by atoms with Crippen LogP contribution in [0.25, 0.3) is 22.6 Å². The zero-order valence-electron chi connectivity index (χ0n) is 13.0. The standard InChI is InChI=1S/C16H8Cl2F2N4OS/c1-24-15(18)12(14(17)23-24)13(25)7(5-21)16-22-10(6-26-16)11-8(19)3-2-4-9(11)20/h2-4,6,25H,1H3. The maximum Gasteiger partial charge on any atom is 0.163 e. The Morgan fingerprint density at radius 1 is 1.31 bits per heavy atom. The van der Waals surface area contributed by atoms with E-state index in [-0.39, 0.29) is 37.7 Å². The number of thiazole rings is 1. The number of aryl methyl sites for hydroxylation is 1. The molecule has 1 N–H and O–H groups in total. The van der Waals surface area contributed by atoms with Crippen molar-refractivity contribution < 1.29 is 13.9 Å². The van der Waals surface area contributed by atoms with E-state index in [9.17, 15) is 19.1 Å². The Kier molecular flexibility index (Phi) is 4.96. The number of halogens is 4. The van der Waals surface area contributed by atoms with Gasteiger partial charge >= 0.3 is 0 Å². The lowest BCUT2D eigenvalue weighted by molar-refractivity contribution is 0.514. The minimum Gasteiger partial charge on any atom is -0.506 e. The third-order valence-corrected chi connectivity index (χ3v) is 5.01. The predicted octanol–water partition coefficient (Wildman–Crippen LogP) is 5.08. The van der Waals surface area contributed by atoms with E-state index in [1.165, 1.54) is 23.2 Å². The van der Waals surface area contributed by atoms with E-state index in [0.717, 1.165) is 23.5 Å². The third-order valence-electron chi connectivity index (χ3n) is 3.46. The monoisotopic (exact) mass is 412 g/mol. The molecule has 0 bridgehead atoms. The van der Waals surface area contributed by atoms with Gasteiger partial charge in [-0.1, -0.05) is 29.3 Å². The van der Waals surface area contributed by atoms with Gasteiger partial charge < -0.3 is 5.11 Å². The van der Waals surface area contributed by atoms with Gasteiger partial charge in [0, 0.05) is 12.4 Å². The highest BCUT2D eigenvalue weighted by Crippen LogP contribution is 2.36. The molecule has 0 atom stereocenters. The van der Waals surface area contributed by atoms with Gasteiger partial charge in [-0.15, -0.1) is 11.3 Å². The summed E-state index contributed by atoms with van der Waals surface area (Å²) in [6.07, 6.45) is 0. The predicted molar refractivity (Wildman–Crippen MR) is 95.7 cm³/mol. The van der Waals surface area contributed by atoms with Gasteiger partial charge in [-0.3, -0.25) is 4.68 Å². The first-order chi connectivity index (χ1) is 12.3. The molecule has 132 valence electrons. The topological polar surface area (TPSA) is 74.7 Å². The lowest BCUT2D eigenvalue weighted by atomic mass is 10.1. The van der Waals surface area contributed by atoms with Crippen LogP contribution in [0, 0.1) is 23.0 Å². The van der Waals surface area contributed by atoms with Gasteiger partial charge in [0.05, 0.1) is 16.8 Å². The van der Waals surface area contributed by atoms with Crippen molar-refractivity contribution in [3.8, 4) is 17.3 Å². The molecule has 2 heterocycles. The van der Waals surface area contributed by atoms with Crippen molar-refractivity contribution >= 4 is 45.9 Å². The van der Waals surface area contributed by atoms with Gasteiger partial charge in [-0.05, 0) is 12.1 Å². The van der Waals surface area contributed by atoms with Gasteiger partial charge in [-0.25, -0.2) is 13.8 Å². The molecule has 10 heteroatoms. The van der Waals surface area contributed by atoms with Crippen LogP contribution in [0.2, 0.25) is 10.3 Å². The summed E-state index contributed by atoms with van der Waals surface area (Å²) in [4.78, 5) is 4.07. The van der Waals surface area contributed by atoms with E-state index >= 15 is 0 Å². The van der Waals surface area contributed by atoms with Gasteiger partial charge in [0.1, 0.15) is 39.2 Å². The van der Waals surface area contributed by atoms with Crippen LogP contribution in [0.15, 0.2) is 23.6 Å². The van der Waals surface area contributed by atoms with Gasteiger partial charge in [-0.2, -0.15) is 10.4 Å². The van der Waals surface area contributed by atoms with Crippen LogP contribution < -0.4 is 0 Å². The molecule has 0 saturated heterocycles. The Morgan fingerprint density at radius 2 is 1.96 bits per heavy atom. The Bertz CT molecular complexity index is 1060. The summed E-state index contributed by atoms with van der Waals surface area (Å²) < 4.78 is 29.1. The fourth-order valence-electron chi connectivity index (χ4n) is 2.24. The number of allylic oxidation sites excluding steroid dienone is 1. The number of rotatable bonds is 3. The summed E-state index contributed by atoms with van der Waals surface area (Å²) in [5, 5.41) is 25.1. The molecule has 0 unspecified atom stereocenters. The second kappa shape index (κ2) is 7.03. The minimum atomic E-state index is -0.785. The van der Waals surface area contributed by atoms with Crippen molar-refractivity contribution in [2.24, 2.45) is 7.05 Å². The third kappa shape index (κ3) is 3.05. The summed E-state index contributed by atoms with van der Waals surface area (Å²) in [6, 6.07) is 5.25. The number of nitriles is 1. The van der Waals surface area contributed by atoms with Crippen LogP contribution in [-0.4, -0.2) is 19.9 Å². The maximum atomic E-state index is 13.9. The number of aromatic nitrogens is 3. The number of hydrogen-bond acceptors (Lipinski definition) is 5. The minimum absolute atomic E-state index is 0.00419. The Hall–Kier alpha value is -2.47. The molecule has 0 saturated carbocycles. The molecule has 0 radical (unpaired) electrons. The Morgan fingerprint density at radius 3 is 2.50 bits per heavy atom. The lowest BCUT2D eigenvalue weighted by Gasteiger charge is -2.02. The highest BCUT2D eigenvalue weighted by Gasteiger charge is 2.23. The average Bonchev–Trinajstić information content (AvgIpc) is 3.13. The van der Waals surface area contributed by atoms with Crippen molar-refractivity contribution in [3.63, 3.8) is 0 Å². The van der Waals surface area contributed by atoms with Crippen molar-refractivity contribution in [2.75, 3.05) is 0 Å². The lowest BCUT2D eigenvalue weighted by Crippen LogP contribution is -1.93. The summed E-state index contributed by atoms with van der Waals surface area (Å²) in [5.74, 6) is -2.09. The van der Waals surface area contributed by atoms with E-state index in [4.69, 9.17) is 23.2 Å². The molecule has 3 rings (SSSR count). The molecule has 5 nitrogen and oxygen atoms in total. The van der Waals surface area contributed by atoms with Crippen LogP contribution in [0.5, 0.6) is 0 Å². The van der Waals surface area contributed by atoms with Gasteiger partial charge in [0.25, 0.3) is 0 Å². The Labute approximate surface area is 160 Å². The molecule has 3 aromatic rings. The van der Waals surface area contributed by atoms with E-state index in [2.05, 4.69) is 10.1 Å². The van der Waals surface area contributed by atoms with E-state index in [1.807, 2.05) is 6.07 Å². The van der Waals surface area contributed by atoms with Crippen LogP contribution in [0.3, 0.4) is 0 Å². The number of aliphatic hydroxyl groups is 1. The highest BCUT2D eigenvalue weighted by atomic mass is 35.5. The van der Waals surface area contributed by atoms with Crippen molar-refractivity contribution in [1.82, 2.24) is 14.8 Å². The van der Waals surface area contributed by atoms with Crippen LogP contribution in [0.4, 0.5) is 8.78 Å². The van der Waals surface area contributed by atoms with Crippen LogP contribution in [0.1, 0.15) is 10.6 Å². The van der Waals surface area contributed by atoms with Crippen molar-refractivity contribution in [3.05, 3.63) is 56.1 Å². The van der Waals surface area contributed by atoms with E-state index < -0.39 is 17.4 Å². The maximum absolute atomic E-state index is 13.9. The van der Waals surface area contributed by atoms with Gasteiger partial charge in [0.15, 0.2) is 5.15 Å². The molecule has 0 aliphatic carbocycles. The van der Waals surface area contributed by atoms with Crippen LogP contribution >= 0.6 is 34.5 Å². The highest BCUT2D eigenvalue weighted by molar-refractivity contribution is 7.11. The number of nitrogens with zero attached hydrogens (tertiary/aromatic N) is 4. The van der Waals surface area contributed by atoms with Crippen molar-refractivity contribution in [1.29, 1.82) is 5.26 Å². The number of hydrogen-bond donors (Lipinski definition) is 1. The number of benzene rings is 1. The number of aliphatic hydroxyl groups excluding tert-OH is 1. The molecular weight excluding hydrogens is 405 g/mol. The second-order valence-corrected chi connectivity index (χ2v) is 6.62. The fourth-order valence-corrected chi connectivity index (χ4v) is 3.60. The molecule has 1 aromatic carbocycles. The molecule has 26 heavy (non-hydrogen) atoms. The second-order valence-electron chi connectivity index (χ2n) is 5.05. The molecule has 0 spiro atoms. The summed E-state index contributed by atoms with van der Waals surface area (Å²) in [7, 11) is 1.51. The summed E-state index contributed by atoms with van der Waals surface area (Å²) in [5.41, 5.74) is -0.579. The first-order valence-corrected chi connectivity index (χ1v) is 8.60. The first-order valence-electron chi connectivity index (χ1n) is 6.97. The van der Waals surface area contributed by atoms with Gasteiger partial charge in [0.2, 0.25) is 0 Å². The SMILES string of the molecule is Cn1nc(Cl)c(C(O)=C(C#N)c2nc(-c3c(F)cccc3F)cs2)c1Cl. The smallest absolute Gasteiger partial charge is 0.163 e. The fraction of sp³-hybridized carbons (Fsp3) is 0.0625. The zero-order chi connectivity index (χ0) is 19.0. The molecule has 0 fully saturated rings. The molecular formula is C16H8Cl2F2N4OS. The van der Waals surface area contributed by atoms with Crippen molar-refractivity contribution in [2.45, 2.75) is 0 Å². The molecule has 0 aliphatic heterocycles. The first kappa shape index (κ1) is 18.3.